The predicted molar refractivity (Wildman–Crippen MR) is 115 cm³/mol. The highest BCUT2D eigenvalue weighted by Gasteiger charge is 2.26. The average Bonchev–Trinajstić information content (AvgIpc) is 3.12. The van der Waals surface area contributed by atoms with E-state index >= 15 is 0 Å². The number of benzene rings is 1. The molecule has 0 saturated heterocycles. The molecular formula is C22H28N4S. The summed E-state index contributed by atoms with van der Waals surface area (Å²) in [6.45, 7) is 15.4. The van der Waals surface area contributed by atoms with Crippen molar-refractivity contribution in [3.8, 4) is 5.00 Å². The van der Waals surface area contributed by atoms with Crippen molar-refractivity contribution < 1.29 is 0 Å². The van der Waals surface area contributed by atoms with Crippen molar-refractivity contribution in [1.82, 2.24) is 14.8 Å². The van der Waals surface area contributed by atoms with Crippen LogP contribution < -0.4 is 0 Å². The molecule has 0 spiro atoms. The average molecular weight is 381 g/mol. The molecule has 142 valence electrons. The first-order chi connectivity index (χ1) is 13.0. The van der Waals surface area contributed by atoms with Crippen molar-refractivity contribution in [2.24, 2.45) is 4.99 Å². The molecule has 2 aromatic heterocycles. The van der Waals surface area contributed by atoms with Crippen LogP contribution in [0.25, 0.3) is 5.00 Å². The van der Waals surface area contributed by atoms with Gasteiger partial charge >= 0.3 is 0 Å². The van der Waals surface area contributed by atoms with Crippen molar-refractivity contribution >= 4 is 17.0 Å². The van der Waals surface area contributed by atoms with Crippen LogP contribution in [-0.2, 0) is 6.54 Å². The normalized spacial score (nSPS) is 12.7. The number of nitrogens with zero attached hydrogens (tertiary/aromatic N) is 4. The Morgan fingerprint density at radius 2 is 1.67 bits per heavy atom. The Labute approximate surface area is 166 Å². The summed E-state index contributed by atoms with van der Waals surface area (Å²) in [5.41, 5.74) is 6.11. The van der Waals surface area contributed by atoms with Crippen molar-refractivity contribution in [3.63, 3.8) is 0 Å². The molecule has 3 aromatic rings. The van der Waals surface area contributed by atoms with E-state index in [0.29, 0.717) is 12.5 Å². The second kappa shape index (κ2) is 7.77. The van der Waals surface area contributed by atoms with E-state index in [1.54, 1.807) is 11.3 Å². The third kappa shape index (κ3) is 3.36. The first-order valence-corrected chi connectivity index (χ1v) is 10.5. The molecule has 1 aliphatic rings. The summed E-state index contributed by atoms with van der Waals surface area (Å²) in [6.07, 6.45) is 0. The van der Waals surface area contributed by atoms with Crippen LogP contribution in [0.1, 0.15) is 72.4 Å². The maximum Gasteiger partial charge on any atom is 0.160 e. The minimum atomic E-state index is 0.532. The molecule has 4 rings (SSSR count). The van der Waals surface area contributed by atoms with Gasteiger partial charge in [-0.3, -0.25) is 9.56 Å². The van der Waals surface area contributed by atoms with Gasteiger partial charge in [-0.2, -0.15) is 0 Å². The van der Waals surface area contributed by atoms with Crippen molar-refractivity contribution in [1.29, 1.82) is 0 Å². The summed E-state index contributed by atoms with van der Waals surface area (Å²) < 4.78 is 2.17. The van der Waals surface area contributed by atoms with E-state index < -0.39 is 0 Å². The molecule has 27 heavy (non-hydrogen) atoms. The maximum absolute atomic E-state index is 4.94. The fraction of sp³-hybridized carbons (Fsp3) is 0.409. The summed E-state index contributed by atoms with van der Waals surface area (Å²) in [7, 11) is 0. The molecule has 0 fully saturated rings. The number of hydrogen-bond donors (Lipinski definition) is 0. The highest BCUT2D eigenvalue weighted by Crippen LogP contribution is 2.36. The van der Waals surface area contributed by atoms with Gasteiger partial charge in [0.15, 0.2) is 5.82 Å². The van der Waals surface area contributed by atoms with Gasteiger partial charge in [-0.25, -0.2) is 0 Å². The lowest BCUT2D eigenvalue weighted by Gasteiger charge is -2.11. The lowest BCUT2D eigenvalue weighted by Crippen LogP contribution is -2.07. The maximum atomic E-state index is 4.94. The van der Waals surface area contributed by atoms with Crippen molar-refractivity contribution in [2.45, 2.75) is 60.9 Å². The molecule has 0 bridgehead atoms. The highest BCUT2D eigenvalue weighted by molar-refractivity contribution is 7.15. The van der Waals surface area contributed by atoms with Gasteiger partial charge in [-0.1, -0.05) is 52.0 Å². The topological polar surface area (TPSA) is 43.1 Å². The Morgan fingerprint density at radius 1 is 1.00 bits per heavy atom. The quantitative estimate of drug-likeness (QED) is 0.568. The molecule has 1 aliphatic heterocycles. The third-order valence-electron chi connectivity index (χ3n) is 4.93. The Kier molecular flexibility index (Phi) is 5.61. The molecular weight excluding hydrogens is 352 g/mol. The van der Waals surface area contributed by atoms with Gasteiger partial charge in [-0.15, -0.1) is 21.5 Å². The van der Waals surface area contributed by atoms with Gasteiger partial charge in [0.2, 0.25) is 0 Å². The molecule has 0 radical (unpaired) electrons. The summed E-state index contributed by atoms with van der Waals surface area (Å²) in [4.78, 5) is 6.26. The number of fused-ring (bicyclic) bond motifs is 3. The zero-order chi connectivity index (χ0) is 19.7. The van der Waals surface area contributed by atoms with Crippen LogP contribution in [-0.4, -0.2) is 20.5 Å². The monoisotopic (exact) mass is 380 g/mol. The molecule has 5 heteroatoms. The Morgan fingerprint density at radius 3 is 2.30 bits per heavy atom. The molecule has 0 N–H and O–H groups in total. The fourth-order valence-electron chi connectivity index (χ4n) is 3.31. The van der Waals surface area contributed by atoms with Crippen LogP contribution in [0.15, 0.2) is 29.3 Å². The first kappa shape index (κ1) is 19.5. The summed E-state index contributed by atoms with van der Waals surface area (Å²) in [5, 5.41) is 9.78. The van der Waals surface area contributed by atoms with E-state index in [0.717, 1.165) is 17.4 Å². The van der Waals surface area contributed by atoms with Gasteiger partial charge in [0, 0.05) is 16.0 Å². The molecule has 3 heterocycles. The number of aromatic nitrogens is 3. The fourth-order valence-corrected chi connectivity index (χ4v) is 4.53. The second-order valence-corrected chi connectivity index (χ2v) is 8.11. The van der Waals surface area contributed by atoms with E-state index in [4.69, 9.17) is 4.99 Å². The number of thiophene rings is 1. The van der Waals surface area contributed by atoms with Gasteiger partial charge in [0.25, 0.3) is 0 Å². The number of aryl methyl sites for hydroxylation is 2. The van der Waals surface area contributed by atoms with Crippen molar-refractivity contribution in [2.75, 3.05) is 0 Å². The molecule has 4 nitrogen and oxygen atoms in total. The van der Waals surface area contributed by atoms with Crippen LogP contribution in [0.2, 0.25) is 0 Å². The number of aliphatic imine (C=N–C) groups is 1. The molecule has 0 atom stereocenters. The molecule has 1 aromatic carbocycles. The Bertz CT molecular complexity index is 975. The van der Waals surface area contributed by atoms with Crippen LogP contribution in [0, 0.1) is 20.8 Å². The highest BCUT2D eigenvalue weighted by atomic mass is 32.1. The van der Waals surface area contributed by atoms with E-state index in [1.807, 2.05) is 20.8 Å². The molecule has 0 saturated carbocycles. The zero-order valence-corrected chi connectivity index (χ0v) is 18.1. The van der Waals surface area contributed by atoms with Crippen LogP contribution in [0.5, 0.6) is 0 Å². The van der Waals surface area contributed by atoms with E-state index in [-0.39, 0.29) is 0 Å². The Balaban J connectivity index is 0.00000102. The van der Waals surface area contributed by atoms with Crippen molar-refractivity contribution in [3.05, 3.63) is 63.0 Å². The smallest absolute Gasteiger partial charge is 0.160 e. The van der Waals surface area contributed by atoms with Crippen LogP contribution >= 0.6 is 11.3 Å². The minimum Gasteiger partial charge on any atom is -0.276 e. The minimum absolute atomic E-state index is 0.532. The van der Waals surface area contributed by atoms with E-state index in [2.05, 4.69) is 66.7 Å². The third-order valence-corrected chi connectivity index (χ3v) is 6.12. The van der Waals surface area contributed by atoms with Gasteiger partial charge < -0.3 is 0 Å². The zero-order valence-electron chi connectivity index (χ0n) is 17.3. The second-order valence-electron chi connectivity index (χ2n) is 6.90. The van der Waals surface area contributed by atoms with Gasteiger partial charge in [0.05, 0.1) is 5.71 Å². The largest absolute Gasteiger partial charge is 0.276 e. The van der Waals surface area contributed by atoms with Crippen LogP contribution in [0.3, 0.4) is 0 Å². The standard InChI is InChI=1S/C20H22N4S.C2H6/c1-11(2)15-6-8-16(9-7-15)19-18-12(3)13(4)25-20(18)24-14(5)22-23-17(24)10-21-19;1-2/h6-9,11H,10H2,1-5H3;1-2H3. The molecule has 0 amide bonds. The Hall–Kier alpha value is -2.27. The SMILES string of the molecule is CC.Cc1sc2c(c1C)C(c1ccc(C(C)C)cc1)=NCc1nnc(C)n1-2. The number of rotatable bonds is 2. The summed E-state index contributed by atoms with van der Waals surface area (Å²) >= 11 is 1.80. The van der Waals surface area contributed by atoms with E-state index in [9.17, 15) is 0 Å². The summed E-state index contributed by atoms with van der Waals surface area (Å²) in [6, 6.07) is 8.83. The van der Waals surface area contributed by atoms with Crippen LogP contribution in [0.4, 0.5) is 0 Å². The molecule has 0 unspecified atom stereocenters. The lowest BCUT2D eigenvalue weighted by molar-refractivity contribution is 0.866. The predicted octanol–water partition coefficient (Wildman–Crippen LogP) is 5.75. The van der Waals surface area contributed by atoms with E-state index in [1.165, 1.54) is 32.1 Å². The van der Waals surface area contributed by atoms with Gasteiger partial charge in [-0.05, 0) is 37.8 Å². The number of hydrogen-bond acceptors (Lipinski definition) is 4. The first-order valence-electron chi connectivity index (χ1n) is 9.63. The lowest BCUT2D eigenvalue weighted by atomic mass is 9.96. The molecule has 0 aliphatic carbocycles. The van der Waals surface area contributed by atoms with Gasteiger partial charge in [0.1, 0.15) is 17.4 Å². The summed E-state index contributed by atoms with van der Waals surface area (Å²) in [5.74, 6) is 2.36.